The van der Waals surface area contributed by atoms with Crippen LogP contribution < -0.4 is 9.47 Å². The quantitative estimate of drug-likeness (QED) is 0.0698. The molecule has 250 valence electrons. The molecule has 0 radical (unpaired) electrons. The van der Waals surface area contributed by atoms with Crippen LogP contribution in [0.5, 0.6) is 11.5 Å². The first-order valence-electron chi connectivity index (χ1n) is 16.6. The fourth-order valence-electron chi connectivity index (χ4n) is 5.04. The number of benzene rings is 3. The molecule has 0 heterocycles. The van der Waals surface area contributed by atoms with Gasteiger partial charge < -0.3 is 14.2 Å². The first-order valence-corrected chi connectivity index (χ1v) is 16.6. The zero-order chi connectivity index (χ0) is 33.2. The van der Waals surface area contributed by atoms with Crippen LogP contribution in [0.3, 0.4) is 0 Å². The Balaban J connectivity index is 1.47. The van der Waals surface area contributed by atoms with Gasteiger partial charge in [-0.05, 0) is 78.9 Å². The van der Waals surface area contributed by atoms with Gasteiger partial charge in [-0.2, -0.15) is 13.2 Å². The third kappa shape index (κ3) is 12.9. The van der Waals surface area contributed by atoms with Gasteiger partial charge in [-0.15, -0.1) is 0 Å². The molecule has 0 amide bonds. The lowest BCUT2D eigenvalue weighted by atomic mass is 10.0. The van der Waals surface area contributed by atoms with Crippen LogP contribution >= 0.6 is 0 Å². The lowest BCUT2D eigenvalue weighted by Gasteiger charge is -2.20. The maximum Gasteiger partial charge on any atom is 0.425 e. The van der Waals surface area contributed by atoms with Crippen molar-refractivity contribution in [2.75, 3.05) is 6.61 Å². The number of rotatable bonds is 20. The SMILES string of the molecule is CCCCCCCCOc1ccc(-c2ccc(C(=O)Oc3ccc(C(=O)O[C@@H](CCCCCCCC)C(F)(F)F)cc3)cc2)cc1. The smallest absolute Gasteiger partial charge is 0.425 e. The number of carbonyl (C=O) groups is 2. The molecule has 0 aliphatic carbocycles. The summed E-state index contributed by atoms with van der Waals surface area (Å²) in [5.41, 5.74) is 2.18. The summed E-state index contributed by atoms with van der Waals surface area (Å²) in [4.78, 5) is 25.2. The van der Waals surface area contributed by atoms with Crippen molar-refractivity contribution in [1.29, 1.82) is 0 Å². The largest absolute Gasteiger partial charge is 0.494 e. The van der Waals surface area contributed by atoms with Crippen molar-refractivity contribution in [3.63, 3.8) is 0 Å². The summed E-state index contributed by atoms with van der Waals surface area (Å²) in [7, 11) is 0. The van der Waals surface area contributed by atoms with Crippen LogP contribution in [0.1, 0.15) is 118 Å². The zero-order valence-electron chi connectivity index (χ0n) is 27.1. The molecular weight excluding hydrogens is 593 g/mol. The standard InChI is InChI=1S/C38H47F3O5/c1-3-5-7-9-11-13-15-35(38(39,40)41)46-37(43)32-22-26-34(27-23-32)45-36(42)31-18-16-29(17-19-31)30-20-24-33(25-21-30)44-28-14-12-10-8-6-4-2/h16-27,35H,3-15,28H2,1-2H3/t35-/m0/s1. The molecule has 0 aliphatic heterocycles. The Kier molecular flexibility index (Phi) is 15.7. The molecule has 0 N–H and O–H groups in total. The van der Waals surface area contributed by atoms with Crippen molar-refractivity contribution in [2.24, 2.45) is 0 Å². The predicted molar refractivity (Wildman–Crippen MR) is 175 cm³/mol. The summed E-state index contributed by atoms with van der Waals surface area (Å²) in [5, 5.41) is 0. The van der Waals surface area contributed by atoms with Crippen molar-refractivity contribution < 1.29 is 37.0 Å². The second-order valence-corrected chi connectivity index (χ2v) is 11.6. The second-order valence-electron chi connectivity index (χ2n) is 11.6. The molecule has 8 heteroatoms. The summed E-state index contributed by atoms with van der Waals surface area (Å²) in [6.07, 6.45) is 5.16. The van der Waals surface area contributed by atoms with Crippen LogP contribution in [-0.4, -0.2) is 30.8 Å². The van der Waals surface area contributed by atoms with Crippen molar-refractivity contribution in [1.82, 2.24) is 0 Å². The highest BCUT2D eigenvalue weighted by Crippen LogP contribution is 2.29. The van der Waals surface area contributed by atoms with Crippen LogP contribution in [0.4, 0.5) is 13.2 Å². The van der Waals surface area contributed by atoms with Gasteiger partial charge in [0, 0.05) is 0 Å². The van der Waals surface area contributed by atoms with Gasteiger partial charge in [0.05, 0.1) is 17.7 Å². The van der Waals surface area contributed by atoms with Gasteiger partial charge in [0.25, 0.3) is 0 Å². The number of hydrogen-bond acceptors (Lipinski definition) is 5. The molecule has 5 nitrogen and oxygen atoms in total. The van der Waals surface area contributed by atoms with E-state index in [0.29, 0.717) is 25.0 Å². The lowest BCUT2D eigenvalue weighted by Crippen LogP contribution is -2.33. The Morgan fingerprint density at radius 1 is 0.587 bits per heavy atom. The van der Waals surface area contributed by atoms with Crippen LogP contribution in [0.2, 0.25) is 0 Å². The van der Waals surface area contributed by atoms with E-state index >= 15 is 0 Å². The Labute approximate surface area is 271 Å². The minimum atomic E-state index is -4.64. The van der Waals surface area contributed by atoms with E-state index in [0.717, 1.165) is 49.0 Å². The molecule has 0 saturated carbocycles. The number of alkyl halides is 3. The Bertz CT molecular complexity index is 1300. The molecule has 0 bridgehead atoms. The van der Waals surface area contributed by atoms with E-state index in [2.05, 4.69) is 13.8 Å². The van der Waals surface area contributed by atoms with E-state index in [1.165, 1.54) is 56.4 Å². The first-order chi connectivity index (χ1) is 22.2. The number of unbranched alkanes of at least 4 members (excludes halogenated alkanes) is 10. The molecule has 0 saturated heterocycles. The topological polar surface area (TPSA) is 61.8 Å². The van der Waals surface area contributed by atoms with E-state index in [-0.39, 0.29) is 17.7 Å². The van der Waals surface area contributed by atoms with Crippen molar-refractivity contribution in [3.8, 4) is 22.6 Å². The van der Waals surface area contributed by atoms with E-state index in [1.807, 2.05) is 36.4 Å². The van der Waals surface area contributed by atoms with Crippen LogP contribution in [0.25, 0.3) is 11.1 Å². The normalized spacial score (nSPS) is 12.0. The molecule has 0 aliphatic rings. The Morgan fingerprint density at radius 2 is 1.04 bits per heavy atom. The van der Waals surface area contributed by atoms with E-state index < -0.39 is 24.2 Å². The first kappa shape index (κ1) is 36.7. The van der Waals surface area contributed by atoms with E-state index in [4.69, 9.17) is 14.2 Å². The summed E-state index contributed by atoms with van der Waals surface area (Å²) in [6, 6.07) is 20.1. The van der Waals surface area contributed by atoms with Crippen molar-refractivity contribution in [2.45, 2.75) is 110 Å². The predicted octanol–water partition coefficient (Wildman–Crippen LogP) is 11.2. The monoisotopic (exact) mass is 640 g/mol. The Hall–Kier alpha value is -3.81. The maximum atomic E-state index is 13.5. The number of hydrogen-bond donors (Lipinski definition) is 0. The van der Waals surface area contributed by atoms with Gasteiger partial charge in [0.1, 0.15) is 11.5 Å². The third-order valence-electron chi connectivity index (χ3n) is 7.81. The average Bonchev–Trinajstić information content (AvgIpc) is 3.05. The summed E-state index contributed by atoms with van der Waals surface area (Å²) in [5.74, 6) is -0.692. The molecule has 0 aromatic heterocycles. The third-order valence-corrected chi connectivity index (χ3v) is 7.81. The van der Waals surface area contributed by atoms with Gasteiger partial charge in [0.15, 0.2) is 6.10 Å². The fraction of sp³-hybridized carbons (Fsp3) is 0.474. The molecule has 0 spiro atoms. The number of carbonyl (C=O) groups excluding carboxylic acids is 2. The minimum Gasteiger partial charge on any atom is -0.494 e. The molecular formula is C38H47F3O5. The molecule has 0 unspecified atom stereocenters. The van der Waals surface area contributed by atoms with E-state index in [9.17, 15) is 22.8 Å². The van der Waals surface area contributed by atoms with E-state index in [1.54, 1.807) is 12.1 Å². The highest BCUT2D eigenvalue weighted by atomic mass is 19.4. The van der Waals surface area contributed by atoms with Crippen molar-refractivity contribution >= 4 is 11.9 Å². The molecule has 3 rings (SSSR count). The minimum absolute atomic E-state index is 0.0554. The zero-order valence-corrected chi connectivity index (χ0v) is 27.1. The summed E-state index contributed by atoms with van der Waals surface area (Å²) in [6.45, 7) is 4.98. The van der Waals surface area contributed by atoms with Gasteiger partial charge in [-0.1, -0.05) is 102 Å². The Morgan fingerprint density at radius 3 is 1.61 bits per heavy atom. The summed E-state index contributed by atoms with van der Waals surface area (Å²) >= 11 is 0. The fourth-order valence-corrected chi connectivity index (χ4v) is 5.04. The van der Waals surface area contributed by atoms with Crippen LogP contribution in [0.15, 0.2) is 72.8 Å². The van der Waals surface area contributed by atoms with Gasteiger partial charge in [0.2, 0.25) is 0 Å². The highest BCUT2D eigenvalue weighted by molar-refractivity contribution is 5.92. The molecule has 46 heavy (non-hydrogen) atoms. The number of ether oxygens (including phenoxy) is 3. The molecule has 1 atom stereocenters. The maximum absolute atomic E-state index is 13.5. The van der Waals surface area contributed by atoms with Crippen LogP contribution in [-0.2, 0) is 4.74 Å². The average molecular weight is 641 g/mol. The molecule has 3 aromatic carbocycles. The number of halogens is 3. The molecule has 3 aromatic rings. The van der Waals surface area contributed by atoms with Gasteiger partial charge >= 0.3 is 18.1 Å². The molecule has 0 fully saturated rings. The van der Waals surface area contributed by atoms with Gasteiger partial charge in [-0.25, -0.2) is 9.59 Å². The second kappa shape index (κ2) is 19.6. The lowest BCUT2D eigenvalue weighted by molar-refractivity contribution is -0.206. The van der Waals surface area contributed by atoms with Crippen molar-refractivity contribution in [3.05, 3.63) is 83.9 Å². The number of esters is 2. The highest BCUT2D eigenvalue weighted by Gasteiger charge is 2.42. The summed E-state index contributed by atoms with van der Waals surface area (Å²) < 4.78 is 56.5. The van der Waals surface area contributed by atoms with Gasteiger partial charge in [-0.3, -0.25) is 0 Å². The van der Waals surface area contributed by atoms with Crippen LogP contribution in [0, 0.1) is 0 Å².